The predicted molar refractivity (Wildman–Crippen MR) is 86.6 cm³/mol. The molecule has 1 aliphatic heterocycles. The van der Waals surface area contributed by atoms with Crippen molar-refractivity contribution in [2.45, 2.75) is 12.8 Å². The Morgan fingerprint density at radius 3 is 2.91 bits per heavy atom. The smallest absolute Gasteiger partial charge is 0.254 e. The molecule has 1 aromatic carbocycles. The molecule has 5 nitrogen and oxygen atoms in total. The Hall–Kier alpha value is -2.95. The lowest BCUT2D eigenvalue weighted by molar-refractivity contribution is 0.0945. The van der Waals surface area contributed by atoms with E-state index in [-0.39, 0.29) is 5.91 Å². The zero-order valence-electron chi connectivity index (χ0n) is 12.6. The van der Waals surface area contributed by atoms with Gasteiger partial charge in [0.1, 0.15) is 0 Å². The molecule has 0 spiro atoms. The normalized spacial score (nSPS) is 13.5. The number of fused-ring (bicyclic) bond motifs is 1. The average Bonchev–Trinajstić information content (AvgIpc) is 3.02. The monoisotopic (exact) mass is 304 g/mol. The third-order valence-corrected chi connectivity index (χ3v) is 4.03. The van der Waals surface area contributed by atoms with E-state index in [0.717, 1.165) is 29.9 Å². The first kappa shape index (κ1) is 13.7. The number of carbonyl (C=O) groups excluding carboxylic acids is 1. The summed E-state index contributed by atoms with van der Waals surface area (Å²) in [6.45, 7) is 0.652. The van der Waals surface area contributed by atoms with Gasteiger partial charge in [0.2, 0.25) is 0 Å². The molecule has 0 saturated heterocycles. The van der Waals surface area contributed by atoms with Crippen molar-refractivity contribution in [2.24, 2.45) is 0 Å². The van der Waals surface area contributed by atoms with E-state index in [1.165, 1.54) is 5.56 Å². The minimum absolute atomic E-state index is 0.0453. The van der Waals surface area contributed by atoms with Gasteiger partial charge >= 0.3 is 0 Å². The Balaban J connectivity index is 1.68. The zero-order chi connectivity index (χ0) is 15.6. The fourth-order valence-corrected chi connectivity index (χ4v) is 2.92. The number of aromatic nitrogens is 3. The maximum atomic E-state index is 11.9. The van der Waals surface area contributed by atoms with E-state index in [1.54, 1.807) is 12.4 Å². The first-order valence-corrected chi connectivity index (χ1v) is 7.65. The average molecular weight is 304 g/mol. The zero-order valence-corrected chi connectivity index (χ0v) is 12.6. The van der Waals surface area contributed by atoms with Crippen LogP contribution in [0.15, 0.2) is 54.9 Å². The summed E-state index contributed by atoms with van der Waals surface area (Å²) < 4.78 is 1.85. The first-order valence-electron chi connectivity index (χ1n) is 7.65. The van der Waals surface area contributed by atoms with Gasteiger partial charge < -0.3 is 5.32 Å². The van der Waals surface area contributed by atoms with Crippen LogP contribution >= 0.6 is 0 Å². The van der Waals surface area contributed by atoms with E-state index in [2.05, 4.69) is 27.5 Å². The molecular weight excluding hydrogens is 288 g/mol. The fraction of sp³-hybridized carbons (Fsp3) is 0.167. The molecule has 1 amide bonds. The van der Waals surface area contributed by atoms with Crippen molar-refractivity contribution in [3.05, 3.63) is 77.4 Å². The van der Waals surface area contributed by atoms with Crippen molar-refractivity contribution in [3.63, 3.8) is 0 Å². The third kappa shape index (κ3) is 2.61. The van der Waals surface area contributed by atoms with Crippen LogP contribution in [-0.4, -0.2) is 27.2 Å². The highest BCUT2D eigenvalue weighted by molar-refractivity contribution is 5.96. The van der Waals surface area contributed by atoms with Gasteiger partial charge in [-0.25, -0.2) is 4.68 Å². The van der Waals surface area contributed by atoms with E-state index in [4.69, 9.17) is 0 Å². The molecule has 0 aliphatic carbocycles. The van der Waals surface area contributed by atoms with Crippen molar-refractivity contribution in [1.82, 2.24) is 20.1 Å². The maximum Gasteiger partial charge on any atom is 0.254 e. The molecule has 0 radical (unpaired) electrons. The minimum atomic E-state index is -0.0453. The highest BCUT2D eigenvalue weighted by atomic mass is 16.1. The quantitative estimate of drug-likeness (QED) is 0.806. The molecular formula is C18H16N4O. The molecule has 4 rings (SSSR count). The van der Waals surface area contributed by atoms with Crippen LogP contribution in [0.4, 0.5) is 0 Å². The van der Waals surface area contributed by atoms with Crippen LogP contribution in [0.1, 0.15) is 27.3 Å². The Labute approximate surface area is 134 Å². The van der Waals surface area contributed by atoms with E-state index in [9.17, 15) is 4.79 Å². The molecule has 3 heterocycles. The van der Waals surface area contributed by atoms with Crippen molar-refractivity contribution < 1.29 is 4.79 Å². The van der Waals surface area contributed by atoms with Crippen LogP contribution in [0.5, 0.6) is 0 Å². The van der Waals surface area contributed by atoms with Crippen LogP contribution in [-0.2, 0) is 12.8 Å². The summed E-state index contributed by atoms with van der Waals surface area (Å²) in [6.07, 6.45) is 5.00. The second-order valence-electron chi connectivity index (χ2n) is 5.59. The number of amides is 1. The lowest BCUT2D eigenvalue weighted by atomic mass is 10.1. The van der Waals surface area contributed by atoms with Gasteiger partial charge in [-0.1, -0.05) is 30.3 Å². The van der Waals surface area contributed by atoms with E-state index in [0.29, 0.717) is 12.1 Å². The van der Waals surface area contributed by atoms with E-state index in [1.807, 2.05) is 35.0 Å². The molecule has 0 atom stereocenters. The Kier molecular flexibility index (Phi) is 3.38. The van der Waals surface area contributed by atoms with E-state index >= 15 is 0 Å². The summed E-state index contributed by atoms with van der Waals surface area (Å²) in [7, 11) is 0. The number of rotatable bonds is 3. The van der Waals surface area contributed by atoms with Crippen LogP contribution in [0.25, 0.3) is 5.69 Å². The maximum absolute atomic E-state index is 11.9. The van der Waals surface area contributed by atoms with Crippen molar-refractivity contribution in [1.29, 1.82) is 0 Å². The number of nitrogens with one attached hydrogen (secondary N) is 1. The number of hydrogen-bond acceptors (Lipinski definition) is 3. The molecule has 0 fully saturated rings. The van der Waals surface area contributed by atoms with Gasteiger partial charge in [-0.3, -0.25) is 9.78 Å². The molecule has 1 N–H and O–H groups in total. The topological polar surface area (TPSA) is 59.8 Å². The number of pyridine rings is 1. The number of carbonyl (C=O) groups is 1. The van der Waals surface area contributed by atoms with Gasteiger partial charge in [0.15, 0.2) is 0 Å². The lowest BCUT2D eigenvalue weighted by Crippen LogP contribution is -2.32. The molecule has 0 saturated carbocycles. The van der Waals surface area contributed by atoms with Gasteiger partial charge in [-0.15, -0.1) is 0 Å². The number of nitrogens with zero attached hydrogens (tertiary/aromatic N) is 3. The van der Waals surface area contributed by atoms with Gasteiger partial charge in [0.05, 0.1) is 23.1 Å². The molecule has 0 bridgehead atoms. The summed E-state index contributed by atoms with van der Waals surface area (Å²) in [5.41, 5.74) is 4.78. The Morgan fingerprint density at radius 2 is 2.04 bits per heavy atom. The van der Waals surface area contributed by atoms with Gasteiger partial charge in [0, 0.05) is 31.3 Å². The third-order valence-electron chi connectivity index (χ3n) is 4.03. The van der Waals surface area contributed by atoms with Gasteiger partial charge in [0.25, 0.3) is 5.91 Å². The Morgan fingerprint density at radius 1 is 1.17 bits per heavy atom. The van der Waals surface area contributed by atoms with Crippen LogP contribution in [0.2, 0.25) is 0 Å². The lowest BCUT2D eigenvalue weighted by Gasteiger charge is -2.15. The second kappa shape index (κ2) is 5.68. The SMILES string of the molecule is O=C1NCCc2c1cnn2-c1ccnc(Cc2ccccc2)c1. The van der Waals surface area contributed by atoms with Crippen LogP contribution in [0, 0.1) is 0 Å². The van der Waals surface area contributed by atoms with Crippen LogP contribution in [0.3, 0.4) is 0 Å². The fourth-order valence-electron chi connectivity index (χ4n) is 2.92. The summed E-state index contributed by atoms with van der Waals surface area (Å²) in [5, 5.41) is 7.24. The molecule has 5 heteroatoms. The summed E-state index contributed by atoms with van der Waals surface area (Å²) >= 11 is 0. The first-order chi connectivity index (χ1) is 11.3. The Bertz CT molecular complexity index is 854. The van der Waals surface area contributed by atoms with Crippen molar-refractivity contribution >= 4 is 5.91 Å². The second-order valence-corrected chi connectivity index (χ2v) is 5.59. The van der Waals surface area contributed by atoms with Crippen molar-refractivity contribution in [3.8, 4) is 5.69 Å². The number of hydrogen-bond donors (Lipinski definition) is 1. The summed E-state index contributed by atoms with van der Waals surface area (Å²) in [5.74, 6) is -0.0453. The van der Waals surface area contributed by atoms with Crippen LogP contribution < -0.4 is 5.32 Å². The molecule has 3 aromatic rings. The minimum Gasteiger partial charge on any atom is -0.352 e. The molecule has 1 aliphatic rings. The predicted octanol–water partition coefficient (Wildman–Crippen LogP) is 2.14. The molecule has 0 unspecified atom stereocenters. The molecule has 114 valence electrons. The molecule has 23 heavy (non-hydrogen) atoms. The highest BCUT2D eigenvalue weighted by Crippen LogP contribution is 2.19. The summed E-state index contributed by atoms with van der Waals surface area (Å²) in [4.78, 5) is 16.3. The van der Waals surface area contributed by atoms with E-state index < -0.39 is 0 Å². The number of benzene rings is 1. The molecule has 2 aromatic heterocycles. The van der Waals surface area contributed by atoms with Gasteiger partial charge in [-0.05, 0) is 17.7 Å². The largest absolute Gasteiger partial charge is 0.352 e. The standard InChI is InChI=1S/C18H16N4O/c23-18-16-12-21-22(17(16)7-9-20-18)15-6-8-19-14(11-15)10-13-4-2-1-3-5-13/h1-6,8,11-12H,7,9-10H2,(H,20,23). The summed E-state index contributed by atoms with van der Waals surface area (Å²) in [6, 6.07) is 14.2. The van der Waals surface area contributed by atoms with Crippen molar-refractivity contribution in [2.75, 3.05) is 6.54 Å². The van der Waals surface area contributed by atoms with Gasteiger partial charge in [-0.2, -0.15) is 5.10 Å². The highest BCUT2D eigenvalue weighted by Gasteiger charge is 2.22.